The topological polar surface area (TPSA) is 69.6 Å². The van der Waals surface area contributed by atoms with Crippen molar-refractivity contribution in [1.82, 2.24) is 24.5 Å². The lowest BCUT2D eigenvalue weighted by Crippen LogP contribution is -2.02. The van der Waals surface area contributed by atoms with E-state index in [1.54, 1.807) is 0 Å². The highest BCUT2D eigenvalue weighted by atomic mass is 16.3. The Bertz CT molecular complexity index is 2760. The molecule has 224 valence electrons. The third-order valence-corrected chi connectivity index (χ3v) is 9.11. The molecule has 48 heavy (non-hydrogen) atoms. The molecule has 0 saturated heterocycles. The number of hydrogen-bond donors (Lipinski definition) is 0. The van der Waals surface area contributed by atoms with Crippen LogP contribution in [0.1, 0.15) is 0 Å². The molecular formula is C42H25N5O. The summed E-state index contributed by atoms with van der Waals surface area (Å²) < 4.78 is 8.81. The third kappa shape index (κ3) is 3.99. The van der Waals surface area contributed by atoms with E-state index in [4.69, 9.17) is 24.4 Å². The van der Waals surface area contributed by atoms with E-state index in [-0.39, 0.29) is 0 Å². The first-order valence-corrected chi connectivity index (χ1v) is 15.9. The van der Waals surface area contributed by atoms with Gasteiger partial charge in [-0.15, -0.1) is 0 Å². The Kier molecular flexibility index (Phi) is 5.77. The quantitative estimate of drug-likeness (QED) is 0.197. The van der Waals surface area contributed by atoms with E-state index in [0.717, 1.165) is 77.2 Å². The molecule has 0 saturated carbocycles. The number of fused-ring (bicyclic) bond motifs is 10. The van der Waals surface area contributed by atoms with E-state index in [2.05, 4.69) is 77.4 Å². The molecule has 0 aliphatic carbocycles. The van der Waals surface area contributed by atoms with Gasteiger partial charge < -0.3 is 4.42 Å². The molecule has 10 rings (SSSR count). The molecule has 0 aliphatic rings. The summed E-state index contributed by atoms with van der Waals surface area (Å²) in [4.78, 5) is 19.9. The zero-order chi connectivity index (χ0) is 31.6. The van der Waals surface area contributed by atoms with E-state index < -0.39 is 0 Å². The monoisotopic (exact) mass is 615 g/mol. The maximum absolute atomic E-state index is 6.68. The molecule has 0 fully saturated rings. The summed E-state index contributed by atoms with van der Waals surface area (Å²) in [5.41, 5.74) is 7.99. The van der Waals surface area contributed by atoms with Gasteiger partial charge in [0.2, 0.25) is 5.95 Å². The van der Waals surface area contributed by atoms with Crippen molar-refractivity contribution in [2.75, 3.05) is 0 Å². The molecule has 4 aromatic heterocycles. The van der Waals surface area contributed by atoms with Crippen LogP contribution in [-0.4, -0.2) is 24.5 Å². The van der Waals surface area contributed by atoms with Gasteiger partial charge in [0.05, 0.1) is 16.9 Å². The van der Waals surface area contributed by atoms with Gasteiger partial charge in [-0.2, -0.15) is 0 Å². The van der Waals surface area contributed by atoms with E-state index in [9.17, 15) is 0 Å². The summed E-state index contributed by atoms with van der Waals surface area (Å²) in [5.74, 6) is 1.21. The van der Waals surface area contributed by atoms with E-state index in [1.165, 1.54) is 5.39 Å². The highest BCUT2D eigenvalue weighted by molar-refractivity contribution is 6.34. The first-order valence-electron chi connectivity index (χ1n) is 15.9. The van der Waals surface area contributed by atoms with Crippen LogP contribution < -0.4 is 0 Å². The Morgan fingerprint density at radius 3 is 1.77 bits per heavy atom. The number of aromatic nitrogens is 5. The molecule has 0 N–H and O–H groups in total. The maximum atomic E-state index is 6.68. The molecule has 0 spiro atoms. The summed E-state index contributed by atoms with van der Waals surface area (Å²) >= 11 is 0. The van der Waals surface area contributed by atoms with Gasteiger partial charge in [-0.25, -0.2) is 19.9 Å². The summed E-state index contributed by atoms with van der Waals surface area (Å²) in [5, 5.41) is 6.76. The van der Waals surface area contributed by atoms with Crippen molar-refractivity contribution < 1.29 is 4.42 Å². The van der Waals surface area contributed by atoms with Crippen molar-refractivity contribution in [3.8, 4) is 39.9 Å². The van der Waals surface area contributed by atoms with Gasteiger partial charge in [0.25, 0.3) is 0 Å². The normalized spacial score (nSPS) is 11.8. The molecule has 0 unspecified atom stereocenters. The van der Waals surface area contributed by atoms with Crippen LogP contribution in [0.2, 0.25) is 0 Å². The zero-order valence-corrected chi connectivity index (χ0v) is 25.6. The van der Waals surface area contributed by atoms with Crippen molar-refractivity contribution >= 4 is 54.5 Å². The minimum atomic E-state index is 0.558. The Labute approximate surface area is 274 Å². The Balaban J connectivity index is 1.21. The zero-order valence-electron chi connectivity index (χ0n) is 25.6. The molecule has 0 radical (unpaired) electrons. The minimum Gasteiger partial charge on any atom is -0.454 e. The lowest BCUT2D eigenvalue weighted by molar-refractivity contribution is 0.671. The van der Waals surface area contributed by atoms with Crippen LogP contribution in [0.4, 0.5) is 0 Å². The van der Waals surface area contributed by atoms with E-state index in [1.807, 2.05) is 79.1 Å². The minimum absolute atomic E-state index is 0.558. The van der Waals surface area contributed by atoms with Crippen LogP contribution in [0, 0.1) is 0 Å². The first kappa shape index (κ1) is 26.5. The van der Waals surface area contributed by atoms with Crippen LogP contribution in [0.5, 0.6) is 0 Å². The van der Waals surface area contributed by atoms with Crippen LogP contribution in [0.15, 0.2) is 156 Å². The van der Waals surface area contributed by atoms with Gasteiger partial charge >= 0.3 is 0 Å². The summed E-state index contributed by atoms with van der Waals surface area (Å²) in [6.07, 6.45) is 3.71. The second-order valence-electron chi connectivity index (χ2n) is 11.9. The van der Waals surface area contributed by atoms with Gasteiger partial charge in [-0.05, 0) is 29.0 Å². The lowest BCUT2D eigenvalue weighted by Gasteiger charge is -2.10. The second kappa shape index (κ2) is 10.4. The molecule has 6 heteroatoms. The van der Waals surface area contributed by atoms with Crippen LogP contribution in [0.25, 0.3) is 94.4 Å². The second-order valence-corrected chi connectivity index (χ2v) is 11.9. The van der Waals surface area contributed by atoms with E-state index in [0.29, 0.717) is 11.8 Å². The highest BCUT2D eigenvalue weighted by Gasteiger charge is 2.23. The number of rotatable bonds is 4. The van der Waals surface area contributed by atoms with Crippen molar-refractivity contribution in [3.63, 3.8) is 0 Å². The smallest absolute Gasteiger partial charge is 0.234 e. The fourth-order valence-corrected chi connectivity index (χ4v) is 6.97. The molecular weight excluding hydrogens is 590 g/mol. The Hall–Kier alpha value is -6.66. The number of furan rings is 1. The fourth-order valence-electron chi connectivity index (χ4n) is 6.97. The van der Waals surface area contributed by atoms with Gasteiger partial charge in [0.1, 0.15) is 11.1 Å². The molecule has 6 nitrogen and oxygen atoms in total. The Morgan fingerprint density at radius 1 is 0.479 bits per heavy atom. The molecule has 0 amide bonds. The third-order valence-electron chi connectivity index (χ3n) is 9.11. The summed E-state index contributed by atoms with van der Waals surface area (Å²) in [6, 6.07) is 47.5. The number of benzene rings is 6. The standard InChI is InChI=1S/C42H25N5O/c1-3-13-26(14-4-1)33-23-34(46-41(45-33)27-15-5-2-6-16-27)28-24-43-42(44-25-28)47-35-21-11-9-19-31(35)37-29-17-7-8-18-30(29)38-32-20-10-12-22-36(32)48-40(38)39(37)47/h1-25H. The van der Waals surface area contributed by atoms with Crippen molar-refractivity contribution in [3.05, 3.63) is 152 Å². The van der Waals surface area contributed by atoms with Crippen LogP contribution in [-0.2, 0) is 0 Å². The van der Waals surface area contributed by atoms with E-state index >= 15 is 0 Å². The van der Waals surface area contributed by atoms with Gasteiger partial charge in [-0.3, -0.25) is 4.57 Å². The first-order chi connectivity index (χ1) is 23.8. The number of hydrogen-bond acceptors (Lipinski definition) is 5. The van der Waals surface area contributed by atoms with Crippen LogP contribution in [0.3, 0.4) is 0 Å². The molecule has 6 aromatic carbocycles. The Morgan fingerprint density at radius 2 is 1.04 bits per heavy atom. The predicted octanol–water partition coefficient (Wildman–Crippen LogP) is 10.4. The predicted molar refractivity (Wildman–Crippen MR) is 193 cm³/mol. The molecule has 4 heterocycles. The molecule has 0 aliphatic heterocycles. The molecule has 0 bridgehead atoms. The fraction of sp³-hybridized carbons (Fsp3) is 0. The summed E-state index contributed by atoms with van der Waals surface area (Å²) in [6.45, 7) is 0. The van der Waals surface area contributed by atoms with Gasteiger partial charge in [0, 0.05) is 50.6 Å². The van der Waals surface area contributed by atoms with Gasteiger partial charge in [0.15, 0.2) is 11.4 Å². The van der Waals surface area contributed by atoms with Crippen molar-refractivity contribution in [2.45, 2.75) is 0 Å². The largest absolute Gasteiger partial charge is 0.454 e. The highest BCUT2D eigenvalue weighted by Crippen LogP contribution is 2.45. The number of para-hydroxylation sites is 2. The van der Waals surface area contributed by atoms with Crippen molar-refractivity contribution in [2.24, 2.45) is 0 Å². The SMILES string of the molecule is c1ccc(-c2cc(-c3cnc(-n4c5ccccc5c5c6ccccc6c6c7ccccc7oc6c54)nc3)nc(-c3ccccc3)n2)cc1. The van der Waals surface area contributed by atoms with Crippen LogP contribution >= 0.6 is 0 Å². The lowest BCUT2D eigenvalue weighted by atomic mass is 9.99. The van der Waals surface area contributed by atoms with Crippen molar-refractivity contribution in [1.29, 1.82) is 0 Å². The molecule has 0 atom stereocenters. The number of nitrogens with zero attached hydrogens (tertiary/aromatic N) is 5. The van der Waals surface area contributed by atoms with Gasteiger partial charge in [-0.1, -0.05) is 121 Å². The molecule has 10 aromatic rings. The average molecular weight is 616 g/mol. The maximum Gasteiger partial charge on any atom is 0.234 e. The average Bonchev–Trinajstić information content (AvgIpc) is 3.73. The summed E-state index contributed by atoms with van der Waals surface area (Å²) in [7, 11) is 0.